The minimum absolute atomic E-state index is 0.115. The molecule has 1 atom stereocenters. The molecule has 0 bridgehead atoms. The number of nitrogens with zero attached hydrogens (tertiary/aromatic N) is 3. The molecular weight excluding hydrogens is 262 g/mol. The Morgan fingerprint density at radius 2 is 2.05 bits per heavy atom. The Balaban J connectivity index is 1.58. The van der Waals surface area contributed by atoms with Crippen LogP contribution >= 0.6 is 0 Å². The van der Waals surface area contributed by atoms with Gasteiger partial charge in [0.15, 0.2) is 0 Å². The first-order valence-corrected chi connectivity index (χ1v) is 7.95. The molecule has 0 spiro atoms. The first-order valence-electron chi connectivity index (χ1n) is 7.95. The Kier molecular flexibility index (Phi) is 4.65. The summed E-state index contributed by atoms with van der Waals surface area (Å²) < 4.78 is 0. The van der Waals surface area contributed by atoms with Crippen molar-refractivity contribution in [2.45, 2.75) is 31.7 Å². The number of amides is 1. The van der Waals surface area contributed by atoms with E-state index in [9.17, 15) is 4.79 Å². The molecule has 2 aliphatic rings. The zero-order valence-electron chi connectivity index (χ0n) is 12.4. The average Bonchev–Trinajstić information content (AvgIpc) is 3.08. The van der Waals surface area contributed by atoms with Gasteiger partial charge in [-0.2, -0.15) is 0 Å². The molecule has 0 aliphatic carbocycles. The van der Waals surface area contributed by atoms with Gasteiger partial charge < -0.3 is 4.90 Å². The number of aromatic nitrogens is 1. The molecule has 0 saturated carbocycles. The van der Waals surface area contributed by atoms with Gasteiger partial charge in [-0.15, -0.1) is 0 Å². The molecule has 3 rings (SSSR count). The molecule has 112 valence electrons. The lowest BCUT2D eigenvalue weighted by molar-refractivity contribution is -0.127. The quantitative estimate of drug-likeness (QED) is 0.799. The van der Waals surface area contributed by atoms with Gasteiger partial charge in [-0.25, -0.2) is 0 Å². The first kappa shape index (κ1) is 14.3. The molecule has 4 nitrogen and oxygen atoms in total. The highest BCUT2D eigenvalue weighted by molar-refractivity contribution is 5.91. The zero-order chi connectivity index (χ0) is 14.5. The van der Waals surface area contributed by atoms with Crippen LogP contribution in [-0.4, -0.2) is 52.9 Å². The maximum absolute atomic E-state index is 12.3. The second kappa shape index (κ2) is 6.85. The predicted molar refractivity (Wildman–Crippen MR) is 83.7 cm³/mol. The maximum atomic E-state index is 12.3. The Morgan fingerprint density at radius 1 is 1.19 bits per heavy atom. The number of pyridine rings is 1. The van der Waals surface area contributed by atoms with Gasteiger partial charge in [0.1, 0.15) is 0 Å². The SMILES string of the molecule is O=C(/C=C/c1ccccn1)N1CCCC(N2CCCC2)C1. The summed E-state index contributed by atoms with van der Waals surface area (Å²) in [6.07, 6.45) is 10.2. The maximum Gasteiger partial charge on any atom is 0.246 e. The van der Waals surface area contributed by atoms with Gasteiger partial charge in [-0.05, 0) is 57.0 Å². The van der Waals surface area contributed by atoms with Gasteiger partial charge in [0.05, 0.1) is 5.69 Å². The van der Waals surface area contributed by atoms with Crippen molar-refractivity contribution in [2.75, 3.05) is 26.2 Å². The van der Waals surface area contributed by atoms with Gasteiger partial charge in [0.2, 0.25) is 5.91 Å². The Morgan fingerprint density at radius 3 is 2.81 bits per heavy atom. The molecule has 0 N–H and O–H groups in total. The third kappa shape index (κ3) is 3.70. The molecule has 4 heteroatoms. The van der Waals surface area contributed by atoms with Crippen molar-refractivity contribution in [1.82, 2.24) is 14.8 Å². The van der Waals surface area contributed by atoms with Gasteiger partial charge >= 0.3 is 0 Å². The molecule has 3 heterocycles. The fourth-order valence-electron chi connectivity index (χ4n) is 3.30. The van der Waals surface area contributed by atoms with Crippen molar-refractivity contribution < 1.29 is 4.79 Å². The molecular formula is C17H23N3O. The third-order valence-electron chi connectivity index (χ3n) is 4.45. The molecule has 1 aromatic rings. The minimum Gasteiger partial charge on any atom is -0.338 e. The lowest BCUT2D eigenvalue weighted by Crippen LogP contribution is -2.48. The highest BCUT2D eigenvalue weighted by Gasteiger charge is 2.28. The van der Waals surface area contributed by atoms with Crippen LogP contribution in [0.1, 0.15) is 31.4 Å². The van der Waals surface area contributed by atoms with Crippen molar-refractivity contribution >= 4 is 12.0 Å². The fraction of sp³-hybridized carbons (Fsp3) is 0.529. The number of carbonyl (C=O) groups excluding carboxylic acids is 1. The molecule has 1 amide bonds. The van der Waals surface area contributed by atoms with E-state index in [1.165, 1.54) is 32.4 Å². The summed E-state index contributed by atoms with van der Waals surface area (Å²) >= 11 is 0. The molecule has 0 radical (unpaired) electrons. The van der Waals surface area contributed by atoms with E-state index < -0.39 is 0 Å². The molecule has 1 unspecified atom stereocenters. The number of likely N-dealkylation sites (tertiary alicyclic amines) is 2. The van der Waals surface area contributed by atoms with Gasteiger partial charge in [0, 0.05) is 31.4 Å². The van der Waals surface area contributed by atoms with E-state index in [0.29, 0.717) is 6.04 Å². The number of hydrogen-bond donors (Lipinski definition) is 0. The summed E-state index contributed by atoms with van der Waals surface area (Å²) in [6.45, 7) is 4.17. The smallest absolute Gasteiger partial charge is 0.246 e. The summed E-state index contributed by atoms with van der Waals surface area (Å²) in [5, 5.41) is 0. The average molecular weight is 285 g/mol. The topological polar surface area (TPSA) is 36.4 Å². The van der Waals surface area contributed by atoms with Crippen molar-refractivity contribution in [3.05, 3.63) is 36.2 Å². The zero-order valence-corrected chi connectivity index (χ0v) is 12.4. The largest absolute Gasteiger partial charge is 0.338 e. The van der Waals surface area contributed by atoms with Crippen molar-refractivity contribution in [3.8, 4) is 0 Å². The monoisotopic (exact) mass is 285 g/mol. The number of rotatable bonds is 3. The van der Waals surface area contributed by atoms with Crippen LogP contribution in [0.15, 0.2) is 30.5 Å². The van der Waals surface area contributed by atoms with E-state index in [1.54, 1.807) is 12.3 Å². The van der Waals surface area contributed by atoms with Crippen LogP contribution in [0, 0.1) is 0 Å². The summed E-state index contributed by atoms with van der Waals surface area (Å²) in [7, 11) is 0. The van der Waals surface area contributed by atoms with Crippen LogP contribution in [0.25, 0.3) is 6.08 Å². The number of piperidine rings is 1. The van der Waals surface area contributed by atoms with Crippen molar-refractivity contribution in [3.63, 3.8) is 0 Å². The second-order valence-electron chi connectivity index (χ2n) is 5.91. The van der Waals surface area contributed by atoms with Crippen LogP contribution < -0.4 is 0 Å². The number of carbonyl (C=O) groups is 1. The Bertz CT molecular complexity index is 494. The third-order valence-corrected chi connectivity index (χ3v) is 4.45. The second-order valence-corrected chi connectivity index (χ2v) is 5.91. The summed E-state index contributed by atoms with van der Waals surface area (Å²) in [4.78, 5) is 21.1. The summed E-state index contributed by atoms with van der Waals surface area (Å²) in [5.74, 6) is 0.115. The predicted octanol–water partition coefficient (Wildman–Crippen LogP) is 2.18. The van der Waals surface area contributed by atoms with E-state index in [4.69, 9.17) is 0 Å². The lowest BCUT2D eigenvalue weighted by Gasteiger charge is -2.37. The number of hydrogen-bond acceptors (Lipinski definition) is 3. The molecule has 2 aliphatic heterocycles. The van der Waals surface area contributed by atoms with E-state index in [2.05, 4.69) is 9.88 Å². The highest BCUT2D eigenvalue weighted by Crippen LogP contribution is 2.20. The van der Waals surface area contributed by atoms with Gasteiger partial charge in [0.25, 0.3) is 0 Å². The van der Waals surface area contributed by atoms with Crippen LogP contribution in [0.4, 0.5) is 0 Å². The highest BCUT2D eigenvalue weighted by atomic mass is 16.2. The van der Waals surface area contributed by atoms with Crippen LogP contribution in [-0.2, 0) is 4.79 Å². The minimum atomic E-state index is 0.115. The van der Waals surface area contributed by atoms with Crippen LogP contribution in [0.2, 0.25) is 0 Å². The van der Waals surface area contributed by atoms with Crippen molar-refractivity contribution in [2.24, 2.45) is 0 Å². The van der Waals surface area contributed by atoms with E-state index >= 15 is 0 Å². The molecule has 21 heavy (non-hydrogen) atoms. The molecule has 2 saturated heterocycles. The van der Waals surface area contributed by atoms with Crippen LogP contribution in [0.3, 0.4) is 0 Å². The fourth-order valence-corrected chi connectivity index (χ4v) is 3.30. The van der Waals surface area contributed by atoms with E-state index in [0.717, 1.165) is 25.2 Å². The standard InChI is InChI=1S/C17H23N3O/c21-17(9-8-15-6-1-2-10-18-15)20-13-5-7-16(14-20)19-11-3-4-12-19/h1-2,6,8-10,16H,3-5,7,11-14H2/b9-8+. The molecule has 1 aromatic heterocycles. The summed E-state index contributed by atoms with van der Waals surface area (Å²) in [5.41, 5.74) is 0.832. The lowest BCUT2D eigenvalue weighted by atomic mass is 10.0. The summed E-state index contributed by atoms with van der Waals surface area (Å²) in [6, 6.07) is 6.28. The Hall–Kier alpha value is -1.68. The Labute approximate surface area is 126 Å². The van der Waals surface area contributed by atoms with E-state index in [-0.39, 0.29) is 5.91 Å². The first-order chi connectivity index (χ1) is 10.3. The van der Waals surface area contributed by atoms with Gasteiger partial charge in [-0.1, -0.05) is 6.07 Å². The normalized spacial score (nSPS) is 23.8. The van der Waals surface area contributed by atoms with Gasteiger partial charge in [-0.3, -0.25) is 14.7 Å². The molecule has 2 fully saturated rings. The molecule has 0 aromatic carbocycles. The van der Waals surface area contributed by atoms with E-state index in [1.807, 2.05) is 29.2 Å². The van der Waals surface area contributed by atoms with Crippen molar-refractivity contribution in [1.29, 1.82) is 0 Å². The van der Waals surface area contributed by atoms with Crippen LogP contribution in [0.5, 0.6) is 0 Å².